The predicted molar refractivity (Wildman–Crippen MR) is 107 cm³/mol. The van der Waals surface area contributed by atoms with E-state index in [1.54, 1.807) is 19.2 Å². The molecule has 0 N–H and O–H groups in total. The molecular weight excluding hydrogens is 373 g/mol. The van der Waals surface area contributed by atoms with Gasteiger partial charge >= 0.3 is 0 Å². The van der Waals surface area contributed by atoms with Crippen LogP contribution in [0.5, 0.6) is 5.75 Å². The summed E-state index contributed by atoms with van der Waals surface area (Å²) >= 11 is 0. The van der Waals surface area contributed by atoms with Crippen LogP contribution in [0.2, 0.25) is 0 Å². The van der Waals surface area contributed by atoms with Crippen molar-refractivity contribution in [2.45, 2.75) is 19.0 Å². The highest BCUT2D eigenvalue weighted by atomic mass is 19.1. The second-order valence-electron chi connectivity index (χ2n) is 7.39. The second-order valence-corrected chi connectivity index (χ2v) is 7.39. The number of likely N-dealkylation sites (tertiary alicyclic amines) is 1. The normalized spacial score (nSPS) is 20.4. The molecule has 4 rings (SSSR count). The number of halogens is 1. The van der Waals surface area contributed by atoms with E-state index in [2.05, 4.69) is 9.80 Å². The fourth-order valence-electron chi connectivity index (χ4n) is 3.97. The van der Waals surface area contributed by atoms with Gasteiger partial charge in [-0.2, -0.15) is 0 Å². The number of rotatable bonds is 5. The van der Waals surface area contributed by atoms with E-state index in [4.69, 9.17) is 4.74 Å². The lowest BCUT2D eigenvalue weighted by Gasteiger charge is -2.38. The maximum Gasteiger partial charge on any atom is 0.247 e. The smallest absolute Gasteiger partial charge is 0.247 e. The Labute approximate surface area is 169 Å². The van der Waals surface area contributed by atoms with Crippen LogP contribution in [0.1, 0.15) is 12.0 Å². The minimum atomic E-state index is -0.392. The summed E-state index contributed by atoms with van der Waals surface area (Å²) in [7, 11) is 1.60. The summed E-state index contributed by atoms with van der Waals surface area (Å²) < 4.78 is 18.3. The highest BCUT2D eigenvalue weighted by Crippen LogP contribution is 2.24. The summed E-state index contributed by atoms with van der Waals surface area (Å²) in [5, 5.41) is 0. The minimum Gasteiger partial charge on any atom is -0.497 e. The highest BCUT2D eigenvalue weighted by Gasteiger charge is 2.42. The van der Waals surface area contributed by atoms with E-state index >= 15 is 0 Å². The first kappa shape index (κ1) is 19.4. The van der Waals surface area contributed by atoms with Crippen LogP contribution >= 0.6 is 0 Å². The largest absolute Gasteiger partial charge is 0.497 e. The van der Waals surface area contributed by atoms with Gasteiger partial charge in [-0.3, -0.25) is 19.4 Å². The average Bonchev–Trinajstić information content (AvgIpc) is 3.03. The molecule has 2 saturated heterocycles. The summed E-state index contributed by atoms with van der Waals surface area (Å²) in [6.07, 6.45) is 0.228. The number of hydrogen-bond acceptors (Lipinski definition) is 5. The van der Waals surface area contributed by atoms with Crippen molar-refractivity contribution in [2.75, 3.05) is 38.2 Å². The molecule has 7 heteroatoms. The number of anilines is 1. The molecule has 2 aliphatic rings. The van der Waals surface area contributed by atoms with Gasteiger partial charge in [0.2, 0.25) is 11.8 Å². The van der Waals surface area contributed by atoms with Crippen molar-refractivity contribution in [2.24, 2.45) is 0 Å². The fraction of sp³-hybridized carbons (Fsp3) is 0.364. The third-order valence-corrected chi connectivity index (χ3v) is 5.67. The Morgan fingerprint density at radius 2 is 1.62 bits per heavy atom. The van der Waals surface area contributed by atoms with Gasteiger partial charge in [0.15, 0.2) is 0 Å². The molecule has 2 amide bonds. The summed E-state index contributed by atoms with van der Waals surface area (Å²) in [6.45, 7) is 3.15. The molecule has 2 heterocycles. The number of ether oxygens (including phenoxy) is 1. The second kappa shape index (κ2) is 8.21. The van der Waals surface area contributed by atoms with Crippen LogP contribution in [0.15, 0.2) is 48.5 Å². The summed E-state index contributed by atoms with van der Waals surface area (Å²) in [5.74, 6) is 0.238. The summed E-state index contributed by atoms with van der Waals surface area (Å²) in [5.41, 5.74) is 1.87. The number of carbonyl (C=O) groups is 2. The van der Waals surface area contributed by atoms with Gasteiger partial charge in [0.05, 0.1) is 26.1 Å². The third-order valence-electron chi connectivity index (χ3n) is 5.67. The average molecular weight is 397 g/mol. The van der Waals surface area contributed by atoms with Crippen LogP contribution in [0.4, 0.5) is 10.1 Å². The van der Waals surface area contributed by atoms with Crippen LogP contribution in [0.25, 0.3) is 0 Å². The van der Waals surface area contributed by atoms with Gasteiger partial charge in [0.25, 0.3) is 0 Å². The zero-order valence-electron chi connectivity index (χ0n) is 16.4. The van der Waals surface area contributed by atoms with Crippen LogP contribution in [0.3, 0.4) is 0 Å². The first-order valence-corrected chi connectivity index (χ1v) is 9.77. The van der Waals surface area contributed by atoms with E-state index in [0.717, 1.165) is 30.1 Å². The molecule has 0 aliphatic carbocycles. The Bertz CT molecular complexity index is 877. The molecule has 0 saturated carbocycles. The molecule has 0 spiro atoms. The number of methoxy groups -OCH3 is 1. The number of piperazine rings is 1. The Hall–Kier alpha value is -2.93. The Balaban J connectivity index is 1.36. The van der Waals surface area contributed by atoms with E-state index < -0.39 is 6.04 Å². The fourth-order valence-corrected chi connectivity index (χ4v) is 3.97. The van der Waals surface area contributed by atoms with Gasteiger partial charge in [-0.05, 0) is 42.0 Å². The number of carbonyl (C=O) groups excluding carboxylic acids is 2. The van der Waals surface area contributed by atoms with Crippen molar-refractivity contribution in [3.05, 3.63) is 59.9 Å². The molecule has 29 heavy (non-hydrogen) atoms. The number of amides is 2. The maximum absolute atomic E-state index is 13.1. The molecule has 1 atom stereocenters. The van der Waals surface area contributed by atoms with Crippen molar-refractivity contribution in [1.29, 1.82) is 0 Å². The maximum atomic E-state index is 13.1. The van der Waals surface area contributed by atoms with E-state index in [1.165, 1.54) is 17.0 Å². The van der Waals surface area contributed by atoms with E-state index in [0.29, 0.717) is 13.1 Å². The van der Waals surface area contributed by atoms with Crippen molar-refractivity contribution in [3.8, 4) is 5.75 Å². The minimum absolute atomic E-state index is 0.124. The van der Waals surface area contributed by atoms with Crippen LogP contribution in [0, 0.1) is 5.82 Å². The molecule has 2 aliphatic heterocycles. The molecular formula is C22H24FN3O3. The Kier molecular flexibility index (Phi) is 5.49. The monoisotopic (exact) mass is 397 g/mol. The topological polar surface area (TPSA) is 53.1 Å². The number of imide groups is 1. The van der Waals surface area contributed by atoms with E-state index in [-0.39, 0.29) is 30.6 Å². The lowest BCUT2D eigenvalue weighted by Crippen LogP contribution is -2.52. The van der Waals surface area contributed by atoms with Crippen LogP contribution < -0.4 is 9.64 Å². The molecule has 0 bridgehead atoms. The van der Waals surface area contributed by atoms with Gasteiger partial charge in [0, 0.05) is 31.9 Å². The van der Waals surface area contributed by atoms with Gasteiger partial charge in [-0.15, -0.1) is 0 Å². The zero-order chi connectivity index (χ0) is 20.4. The lowest BCUT2D eigenvalue weighted by molar-refractivity contribution is -0.140. The van der Waals surface area contributed by atoms with E-state index in [1.807, 2.05) is 24.3 Å². The molecule has 0 aromatic heterocycles. The van der Waals surface area contributed by atoms with E-state index in [9.17, 15) is 14.0 Å². The Morgan fingerprint density at radius 1 is 0.966 bits per heavy atom. The number of nitrogens with zero attached hydrogens (tertiary/aromatic N) is 3. The molecule has 0 radical (unpaired) electrons. The molecule has 6 nitrogen and oxygen atoms in total. The quantitative estimate of drug-likeness (QED) is 0.725. The standard InChI is InChI=1S/C22H24FN3O3/c1-29-19-8-2-16(3-9-19)15-26-21(27)14-20(22(26)28)25-12-10-24(11-13-25)18-6-4-17(23)5-7-18/h2-9,20H,10-15H2,1H3/t20-/m0/s1. The molecule has 0 unspecified atom stereocenters. The van der Waals surface area contributed by atoms with Crippen molar-refractivity contribution in [1.82, 2.24) is 9.80 Å². The SMILES string of the molecule is COc1ccc(CN2C(=O)C[C@H](N3CCN(c4ccc(F)cc4)CC3)C2=O)cc1. The number of benzene rings is 2. The van der Waals surface area contributed by atoms with Crippen LogP contribution in [-0.2, 0) is 16.1 Å². The lowest BCUT2D eigenvalue weighted by atomic mass is 10.1. The zero-order valence-corrected chi connectivity index (χ0v) is 16.4. The van der Waals surface area contributed by atoms with Gasteiger partial charge in [0.1, 0.15) is 11.6 Å². The molecule has 152 valence electrons. The Morgan fingerprint density at radius 3 is 2.24 bits per heavy atom. The molecule has 2 aromatic rings. The van der Waals surface area contributed by atoms with Gasteiger partial charge < -0.3 is 9.64 Å². The van der Waals surface area contributed by atoms with Crippen molar-refractivity contribution >= 4 is 17.5 Å². The van der Waals surface area contributed by atoms with Gasteiger partial charge in [-0.25, -0.2) is 4.39 Å². The molecule has 2 aromatic carbocycles. The first-order valence-electron chi connectivity index (χ1n) is 9.77. The predicted octanol–water partition coefficient (Wildman–Crippen LogP) is 2.28. The summed E-state index contributed by atoms with van der Waals surface area (Å²) in [4.78, 5) is 31.0. The number of hydrogen-bond donors (Lipinski definition) is 0. The third kappa shape index (κ3) is 4.10. The first-order chi connectivity index (χ1) is 14.0. The summed E-state index contributed by atoms with van der Waals surface area (Å²) in [6, 6.07) is 13.4. The highest BCUT2D eigenvalue weighted by molar-refractivity contribution is 6.05. The van der Waals surface area contributed by atoms with Crippen molar-refractivity contribution in [3.63, 3.8) is 0 Å². The van der Waals surface area contributed by atoms with Crippen LogP contribution in [-0.4, -0.2) is 60.9 Å². The van der Waals surface area contributed by atoms with Gasteiger partial charge in [-0.1, -0.05) is 12.1 Å². The van der Waals surface area contributed by atoms with Crippen molar-refractivity contribution < 1.29 is 18.7 Å². The molecule has 2 fully saturated rings.